The van der Waals surface area contributed by atoms with Crippen LogP contribution in [0.3, 0.4) is 0 Å². The first kappa shape index (κ1) is 38.2. The van der Waals surface area contributed by atoms with Crippen molar-refractivity contribution in [3.63, 3.8) is 0 Å². The zero-order valence-corrected chi connectivity index (χ0v) is 36.8. The third-order valence-corrected chi connectivity index (χ3v) is 13.8. The van der Waals surface area contributed by atoms with Gasteiger partial charge in [0, 0.05) is 60.4 Å². The molecule has 4 nitrogen and oxygen atoms in total. The molecule has 0 N–H and O–H groups in total. The van der Waals surface area contributed by atoms with Crippen LogP contribution < -0.4 is 4.90 Å². The molecule has 0 unspecified atom stereocenters. The van der Waals surface area contributed by atoms with Gasteiger partial charge in [-0.3, -0.25) is 0 Å². The predicted molar refractivity (Wildman–Crippen MR) is 284 cm³/mol. The second kappa shape index (κ2) is 15.2. The van der Waals surface area contributed by atoms with Crippen LogP contribution in [0.15, 0.2) is 251 Å². The van der Waals surface area contributed by atoms with Gasteiger partial charge in [-0.1, -0.05) is 170 Å². The molecule has 0 saturated carbocycles. The van der Waals surface area contributed by atoms with E-state index in [9.17, 15) is 0 Å². The molecule has 14 rings (SSSR count). The van der Waals surface area contributed by atoms with Gasteiger partial charge in [-0.05, 0) is 100 Å². The molecule has 0 radical (unpaired) electrons. The van der Waals surface area contributed by atoms with Gasteiger partial charge >= 0.3 is 0 Å². The lowest BCUT2D eigenvalue weighted by molar-refractivity contribution is 0.669. The number of fused-ring (bicyclic) bond motifs is 10. The van der Waals surface area contributed by atoms with Crippen molar-refractivity contribution >= 4 is 93.5 Å². The number of hydrogen-bond acceptors (Lipinski definition) is 3. The lowest BCUT2D eigenvalue weighted by Gasteiger charge is -2.30. The second-order valence-corrected chi connectivity index (χ2v) is 17.6. The van der Waals surface area contributed by atoms with E-state index in [1.54, 1.807) is 0 Å². The molecule has 68 heavy (non-hydrogen) atoms. The zero-order chi connectivity index (χ0) is 44.7. The summed E-state index contributed by atoms with van der Waals surface area (Å²) in [6.45, 7) is 0. The van der Waals surface area contributed by atoms with E-state index in [2.05, 4.69) is 240 Å². The highest BCUT2D eigenvalue weighted by Gasteiger charge is 2.26. The fourth-order valence-corrected chi connectivity index (χ4v) is 10.7. The number of aromatic nitrogens is 1. The van der Waals surface area contributed by atoms with Crippen LogP contribution in [0.5, 0.6) is 0 Å². The molecule has 0 aliphatic heterocycles. The minimum Gasteiger partial charge on any atom is -0.455 e. The van der Waals surface area contributed by atoms with E-state index >= 15 is 0 Å². The summed E-state index contributed by atoms with van der Waals surface area (Å²) in [5.74, 6) is 0. The molecule has 0 aliphatic rings. The Balaban J connectivity index is 1.01. The number of benzene rings is 11. The van der Waals surface area contributed by atoms with E-state index in [1.807, 2.05) is 12.1 Å². The monoisotopic (exact) mass is 868 g/mol. The van der Waals surface area contributed by atoms with E-state index < -0.39 is 0 Å². The molecule has 3 aromatic heterocycles. The Morgan fingerprint density at radius 2 is 0.868 bits per heavy atom. The first-order valence-corrected chi connectivity index (χ1v) is 23.2. The molecule has 0 atom stereocenters. The molecule has 318 valence electrons. The summed E-state index contributed by atoms with van der Waals surface area (Å²) in [6, 6.07) is 86.9. The van der Waals surface area contributed by atoms with Crippen molar-refractivity contribution in [1.29, 1.82) is 0 Å². The number of nitrogens with zero attached hydrogens (tertiary/aromatic N) is 2. The number of para-hydroxylation sites is 6. The molecule has 0 amide bonds. The Bertz CT molecular complexity index is 4210. The fourth-order valence-electron chi connectivity index (χ4n) is 10.7. The molecule has 11 aromatic carbocycles. The molecule has 0 spiro atoms. The maximum Gasteiger partial charge on any atom is 0.145 e. The van der Waals surface area contributed by atoms with E-state index in [0.717, 1.165) is 94.4 Å². The van der Waals surface area contributed by atoms with Crippen LogP contribution in [0.4, 0.5) is 17.1 Å². The van der Waals surface area contributed by atoms with Crippen LogP contribution in [-0.2, 0) is 0 Å². The van der Waals surface area contributed by atoms with Gasteiger partial charge in [0.1, 0.15) is 22.3 Å². The van der Waals surface area contributed by atoms with Crippen LogP contribution in [0.1, 0.15) is 0 Å². The molecular formula is C64H40N2O2. The first-order valence-electron chi connectivity index (χ1n) is 23.2. The van der Waals surface area contributed by atoms with Gasteiger partial charge in [0.25, 0.3) is 0 Å². The average molecular weight is 869 g/mol. The quantitative estimate of drug-likeness (QED) is 0.160. The molecule has 0 aliphatic carbocycles. The summed E-state index contributed by atoms with van der Waals surface area (Å²) in [5, 5.41) is 9.26. The normalized spacial score (nSPS) is 11.8. The Labute approximate surface area is 391 Å². The molecule has 0 fully saturated rings. The SMILES string of the molecule is c1ccc(N(c2ccc(-c3ccc4ccccc4c3)cc2)c2ccc3c(oc4ccccc43)c2-c2ccc(-n3c4ccccc4c4ccccc43)cc2)c(-c2cccc3c2oc2ccccc23)c1. The summed E-state index contributed by atoms with van der Waals surface area (Å²) in [4.78, 5) is 2.41. The van der Waals surface area contributed by atoms with E-state index in [4.69, 9.17) is 8.83 Å². The number of anilines is 3. The molecule has 4 heteroatoms. The molecule has 0 saturated heterocycles. The predicted octanol–water partition coefficient (Wildman–Crippen LogP) is 18.2. The Kier molecular flexibility index (Phi) is 8.55. The minimum absolute atomic E-state index is 0.836. The second-order valence-electron chi connectivity index (χ2n) is 17.6. The zero-order valence-electron chi connectivity index (χ0n) is 36.8. The Morgan fingerprint density at radius 1 is 0.324 bits per heavy atom. The van der Waals surface area contributed by atoms with Crippen molar-refractivity contribution in [2.75, 3.05) is 4.90 Å². The van der Waals surface area contributed by atoms with Gasteiger partial charge in [-0.15, -0.1) is 0 Å². The van der Waals surface area contributed by atoms with Gasteiger partial charge in [-0.25, -0.2) is 0 Å². The largest absolute Gasteiger partial charge is 0.455 e. The van der Waals surface area contributed by atoms with Crippen molar-refractivity contribution in [2.24, 2.45) is 0 Å². The fraction of sp³-hybridized carbons (Fsp3) is 0. The molecule has 14 aromatic rings. The van der Waals surface area contributed by atoms with Crippen LogP contribution in [0.25, 0.3) is 116 Å². The van der Waals surface area contributed by atoms with Crippen molar-refractivity contribution in [3.8, 4) is 39.1 Å². The summed E-state index contributed by atoms with van der Waals surface area (Å²) in [6.07, 6.45) is 0. The standard InChI is InChI=1S/C64H40N2O2/c1-2-15-44-40-45(29-28-41(44)14-1)42-30-34-47(35-31-42)66(58-25-10-5-18-50(58)53-21-13-22-54-51-19-6-11-26-60(51)67-63(53)54)59-39-38-55-52-20-7-12-27-61(52)68-64(55)62(59)43-32-36-46(37-33-43)65-56-23-8-3-16-48(56)49-17-4-9-24-57(49)65/h1-40H. The van der Waals surface area contributed by atoms with Crippen molar-refractivity contribution < 1.29 is 8.83 Å². The van der Waals surface area contributed by atoms with Gasteiger partial charge in [0.2, 0.25) is 0 Å². The molecular weight excluding hydrogens is 829 g/mol. The minimum atomic E-state index is 0.836. The van der Waals surface area contributed by atoms with E-state index in [1.165, 1.54) is 38.1 Å². The van der Waals surface area contributed by atoms with Crippen LogP contribution in [-0.4, -0.2) is 4.57 Å². The average Bonchev–Trinajstić information content (AvgIpc) is 4.09. The van der Waals surface area contributed by atoms with E-state index in [0.29, 0.717) is 0 Å². The third-order valence-electron chi connectivity index (χ3n) is 13.8. The lowest BCUT2D eigenvalue weighted by Crippen LogP contribution is -2.12. The Morgan fingerprint density at radius 3 is 1.60 bits per heavy atom. The molecule has 0 bridgehead atoms. The summed E-state index contributed by atoms with van der Waals surface area (Å²) in [7, 11) is 0. The first-order chi connectivity index (χ1) is 33.7. The van der Waals surface area contributed by atoms with Gasteiger partial charge in [0.05, 0.1) is 22.4 Å². The Hall–Kier alpha value is -9.12. The lowest BCUT2D eigenvalue weighted by atomic mass is 9.95. The van der Waals surface area contributed by atoms with Crippen LogP contribution in [0, 0.1) is 0 Å². The topological polar surface area (TPSA) is 34.5 Å². The van der Waals surface area contributed by atoms with Gasteiger partial charge < -0.3 is 18.3 Å². The number of furan rings is 2. The van der Waals surface area contributed by atoms with Crippen molar-refractivity contribution in [3.05, 3.63) is 243 Å². The van der Waals surface area contributed by atoms with Crippen LogP contribution in [0.2, 0.25) is 0 Å². The summed E-state index contributed by atoms with van der Waals surface area (Å²) < 4.78 is 16.1. The highest BCUT2D eigenvalue weighted by Crippen LogP contribution is 2.50. The van der Waals surface area contributed by atoms with Crippen molar-refractivity contribution in [2.45, 2.75) is 0 Å². The summed E-state index contributed by atoms with van der Waals surface area (Å²) >= 11 is 0. The highest BCUT2D eigenvalue weighted by molar-refractivity contribution is 6.15. The smallest absolute Gasteiger partial charge is 0.145 e. The third kappa shape index (κ3) is 5.94. The van der Waals surface area contributed by atoms with E-state index in [-0.39, 0.29) is 0 Å². The maximum absolute atomic E-state index is 6.99. The summed E-state index contributed by atoms with van der Waals surface area (Å²) in [5.41, 5.74) is 16.3. The number of rotatable bonds is 7. The van der Waals surface area contributed by atoms with Crippen LogP contribution >= 0.6 is 0 Å². The van der Waals surface area contributed by atoms with Gasteiger partial charge in [0.15, 0.2) is 0 Å². The maximum atomic E-state index is 6.99. The van der Waals surface area contributed by atoms with Gasteiger partial charge in [-0.2, -0.15) is 0 Å². The highest BCUT2D eigenvalue weighted by atomic mass is 16.3. The molecule has 3 heterocycles. The number of hydrogen-bond donors (Lipinski definition) is 0. The van der Waals surface area contributed by atoms with Crippen molar-refractivity contribution in [1.82, 2.24) is 4.57 Å².